The maximum absolute atomic E-state index is 12.7. The molecule has 2 heterocycles. The third-order valence-corrected chi connectivity index (χ3v) is 2.91. The molecule has 0 fully saturated rings. The summed E-state index contributed by atoms with van der Waals surface area (Å²) in [6, 6.07) is 10.8. The molecule has 0 amide bonds. The van der Waals surface area contributed by atoms with E-state index in [1.807, 2.05) is 36.0 Å². The number of halogens is 1. The van der Waals surface area contributed by atoms with Crippen molar-refractivity contribution in [2.45, 2.75) is 6.61 Å². The quantitative estimate of drug-likeness (QED) is 0.677. The summed E-state index contributed by atoms with van der Waals surface area (Å²) in [6.45, 7) is 0.328. The van der Waals surface area contributed by atoms with Gasteiger partial charge < -0.3 is 4.74 Å². The molecule has 1 aromatic carbocycles. The fourth-order valence-electron chi connectivity index (χ4n) is 1.99. The Morgan fingerprint density at radius 3 is 2.84 bits per heavy atom. The van der Waals surface area contributed by atoms with Gasteiger partial charge in [-0.3, -0.25) is 4.68 Å². The van der Waals surface area contributed by atoms with E-state index in [-0.39, 0.29) is 0 Å². The first-order chi connectivity index (χ1) is 9.24. The van der Waals surface area contributed by atoms with Crippen molar-refractivity contribution in [3.8, 4) is 5.75 Å². The molecule has 0 saturated heterocycles. The number of aromatic nitrogens is 3. The normalized spacial score (nSPS) is 10.8. The van der Waals surface area contributed by atoms with Crippen LogP contribution in [0.1, 0.15) is 5.69 Å². The second-order valence-electron chi connectivity index (χ2n) is 4.19. The maximum Gasteiger partial charge on any atom is 0.213 e. The molecule has 0 radical (unpaired) electrons. The zero-order valence-corrected chi connectivity index (χ0v) is 10.4. The van der Waals surface area contributed by atoms with Crippen LogP contribution in [0.15, 0.2) is 42.6 Å². The van der Waals surface area contributed by atoms with E-state index in [0.717, 1.165) is 16.6 Å². The van der Waals surface area contributed by atoms with E-state index in [2.05, 4.69) is 10.1 Å². The molecule has 0 unspecified atom stereocenters. The summed E-state index contributed by atoms with van der Waals surface area (Å²) in [4.78, 5) is 3.54. The molecule has 0 N–H and O–H groups in total. The lowest BCUT2D eigenvalue weighted by Gasteiger charge is -2.03. The van der Waals surface area contributed by atoms with Gasteiger partial charge in [0, 0.05) is 12.4 Å². The minimum Gasteiger partial charge on any atom is -0.486 e. The minimum atomic E-state index is -0.518. The number of hydrogen-bond acceptors (Lipinski definition) is 3. The van der Waals surface area contributed by atoms with Gasteiger partial charge in [-0.15, -0.1) is 0 Å². The van der Waals surface area contributed by atoms with Crippen LogP contribution in [0.2, 0.25) is 0 Å². The predicted octanol–water partition coefficient (Wildman–Crippen LogP) is 2.69. The number of rotatable bonds is 3. The van der Waals surface area contributed by atoms with Crippen molar-refractivity contribution in [3.63, 3.8) is 0 Å². The Labute approximate surface area is 109 Å². The highest BCUT2D eigenvalue weighted by Gasteiger charge is 2.08. The number of para-hydroxylation sites is 1. The van der Waals surface area contributed by atoms with E-state index in [9.17, 15) is 4.39 Å². The van der Waals surface area contributed by atoms with Crippen LogP contribution < -0.4 is 4.74 Å². The van der Waals surface area contributed by atoms with Crippen LogP contribution in [0.5, 0.6) is 5.75 Å². The first kappa shape index (κ1) is 11.6. The van der Waals surface area contributed by atoms with Gasteiger partial charge in [0.2, 0.25) is 5.95 Å². The van der Waals surface area contributed by atoms with Crippen molar-refractivity contribution in [3.05, 3.63) is 54.2 Å². The second kappa shape index (κ2) is 4.68. The predicted molar refractivity (Wildman–Crippen MR) is 69.2 cm³/mol. The van der Waals surface area contributed by atoms with Crippen LogP contribution in [-0.2, 0) is 13.7 Å². The summed E-state index contributed by atoms with van der Waals surface area (Å²) in [7, 11) is 1.89. The molecule has 0 atom stereocenters. The Bertz CT molecular complexity index is 706. The highest BCUT2D eigenvalue weighted by molar-refractivity contribution is 5.81. The monoisotopic (exact) mass is 257 g/mol. The summed E-state index contributed by atoms with van der Waals surface area (Å²) < 4.78 is 20.1. The van der Waals surface area contributed by atoms with Crippen LogP contribution >= 0.6 is 0 Å². The summed E-state index contributed by atoms with van der Waals surface area (Å²) >= 11 is 0. The van der Waals surface area contributed by atoms with Gasteiger partial charge in [-0.1, -0.05) is 18.2 Å². The molecule has 3 aromatic rings. The van der Waals surface area contributed by atoms with Gasteiger partial charge in [0.05, 0.1) is 11.7 Å². The Morgan fingerprint density at radius 2 is 2.05 bits per heavy atom. The van der Waals surface area contributed by atoms with Crippen molar-refractivity contribution in [1.82, 2.24) is 14.8 Å². The molecule has 19 heavy (non-hydrogen) atoms. The molecule has 0 aliphatic carbocycles. The van der Waals surface area contributed by atoms with Gasteiger partial charge in [-0.2, -0.15) is 9.49 Å². The standard InChI is InChI=1S/C14H12FN3O/c1-18-13-5-3-2-4-11(13)12(17-18)9-19-10-6-7-14(15)16-8-10/h2-8H,9H2,1H3. The van der Waals surface area contributed by atoms with Crippen LogP contribution in [0.4, 0.5) is 4.39 Å². The fraction of sp³-hybridized carbons (Fsp3) is 0.143. The third kappa shape index (κ3) is 2.27. The van der Waals surface area contributed by atoms with Gasteiger partial charge in [-0.05, 0) is 18.2 Å². The lowest BCUT2D eigenvalue weighted by molar-refractivity contribution is 0.299. The van der Waals surface area contributed by atoms with Crippen molar-refractivity contribution < 1.29 is 9.13 Å². The zero-order valence-electron chi connectivity index (χ0n) is 10.4. The Hall–Kier alpha value is -2.43. The Kier molecular flexibility index (Phi) is 2.87. The van der Waals surface area contributed by atoms with Crippen molar-refractivity contribution in [2.24, 2.45) is 7.05 Å². The molecule has 0 bridgehead atoms. The molecular weight excluding hydrogens is 245 g/mol. The van der Waals surface area contributed by atoms with Crippen molar-refractivity contribution >= 4 is 10.9 Å². The number of ether oxygens (including phenoxy) is 1. The fourth-order valence-corrected chi connectivity index (χ4v) is 1.99. The number of hydrogen-bond donors (Lipinski definition) is 0. The van der Waals surface area contributed by atoms with Crippen molar-refractivity contribution in [2.75, 3.05) is 0 Å². The number of benzene rings is 1. The molecule has 0 aliphatic heterocycles. The molecule has 5 heteroatoms. The van der Waals surface area contributed by atoms with Gasteiger partial charge in [0.1, 0.15) is 18.1 Å². The summed E-state index contributed by atoms with van der Waals surface area (Å²) in [6.07, 6.45) is 1.36. The average Bonchev–Trinajstić information content (AvgIpc) is 2.76. The highest BCUT2D eigenvalue weighted by Crippen LogP contribution is 2.19. The van der Waals surface area contributed by atoms with Gasteiger partial charge in [0.15, 0.2) is 0 Å². The first-order valence-electron chi connectivity index (χ1n) is 5.89. The Balaban J connectivity index is 1.84. The second-order valence-corrected chi connectivity index (χ2v) is 4.19. The van der Waals surface area contributed by atoms with Crippen molar-refractivity contribution in [1.29, 1.82) is 0 Å². The van der Waals surface area contributed by atoms with E-state index in [1.165, 1.54) is 12.3 Å². The largest absolute Gasteiger partial charge is 0.486 e. The average molecular weight is 257 g/mol. The smallest absolute Gasteiger partial charge is 0.213 e. The lowest BCUT2D eigenvalue weighted by Crippen LogP contribution is -1.98. The topological polar surface area (TPSA) is 39.9 Å². The summed E-state index contributed by atoms with van der Waals surface area (Å²) in [5, 5.41) is 5.48. The molecule has 0 spiro atoms. The van der Waals surface area contributed by atoms with Gasteiger partial charge in [-0.25, -0.2) is 4.98 Å². The molecule has 0 saturated carbocycles. The third-order valence-electron chi connectivity index (χ3n) is 2.91. The summed E-state index contributed by atoms with van der Waals surface area (Å²) in [5.41, 5.74) is 1.90. The van der Waals surface area contributed by atoms with Crippen LogP contribution in [0.25, 0.3) is 10.9 Å². The highest BCUT2D eigenvalue weighted by atomic mass is 19.1. The van der Waals surface area contributed by atoms with Crippen LogP contribution in [0, 0.1) is 5.95 Å². The number of nitrogens with zero attached hydrogens (tertiary/aromatic N) is 3. The van der Waals surface area contributed by atoms with E-state index in [1.54, 1.807) is 6.07 Å². The first-order valence-corrected chi connectivity index (χ1v) is 5.89. The van der Waals surface area contributed by atoms with E-state index in [4.69, 9.17) is 4.74 Å². The molecule has 4 nitrogen and oxygen atoms in total. The molecule has 96 valence electrons. The van der Waals surface area contributed by atoms with Gasteiger partial charge >= 0.3 is 0 Å². The number of aryl methyl sites for hydroxylation is 1. The van der Waals surface area contributed by atoms with E-state index in [0.29, 0.717) is 12.4 Å². The number of fused-ring (bicyclic) bond motifs is 1. The summed E-state index contributed by atoms with van der Waals surface area (Å²) in [5.74, 6) is 0.00627. The van der Waals surface area contributed by atoms with Gasteiger partial charge in [0.25, 0.3) is 0 Å². The van der Waals surface area contributed by atoms with E-state index >= 15 is 0 Å². The van der Waals surface area contributed by atoms with E-state index < -0.39 is 5.95 Å². The molecule has 3 rings (SSSR count). The molecular formula is C14H12FN3O. The minimum absolute atomic E-state index is 0.328. The number of pyridine rings is 1. The van der Waals surface area contributed by atoms with Crippen LogP contribution in [-0.4, -0.2) is 14.8 Å². The Morgan fingerprint density at radius 1 is 1.21 bits per heavy atom. The molecule has 0 aliphatic rings. The van der Waals surface area contributed by atoms with Crippen LogP contribution in [0.3, 0.4) is 0 Å². The maximum atomic E-state index is 12.7. The zero-order chi connectivity index (χ0) is 13.2. The lowest BCUT2D eigenvalue weighted by atomic mass is 10.2. The molecule has 2 aromatic heterocycles. The SMILES string of the molecule is Cn1nc(COc2ccc(F)nc2)c2ccccc21.